The molecular weight excluding hydrogens is 649 g/mol. The third-order valence-electron chi connectivity index (χ3n) is 6.39. The molecule has 4 aromatic rings. The van der Waals surface area contributed by atoms with Gasteiger partial charge < -0.3 is 20.1 Å². The fraction of sp³-hybridized carbons (Fsp3) is 0.348. The first kappa shape index (κ1) is 29.4. The summed E-state index contributed by atoms with van der Waals surface area (Å²) in [5.74, 6) is -2.73. The van der Waals surface area contributed by atoms with Crippen molar-refractivity contribution in [1.82, 2.24) is 34.7 Å². The molecule has 41 heavy (non-hydrogen) atoms. The molecule has 3 N–H and O–H groups in total. The van der Waals surface area contributed by atoms with Gasteiger partial charge in [0.15, 0.2) is 17.5 Å². The molecule has 1 aliphatic rings. The third-order valence-corrected chi connectivity index (χ3v) is 7.21. The number of aliphatic hydroxyl groups is 3. The summed E-state index contributed by atoms with van der Waals surface area (Å²) in [6, 6.07) is 1.95. The van der Waals surface area contributed by atoms with Crippen molar-refractivity contribution in [3.8, 4) is 16.9 Å². The number of ether oxygens (including phenoxy) is 1. The van der Waals surface area contributed by atoms with E-state index >= 15 is 0 Å². The summed E-state index contributed by atoms with van der Waals surface area (Å²) < 4.78 is 77.4. The summed E-state index contributed by atoms with van der Waals surface area (Å²) in [5.41, 5.74) is -2.20. The fourth-order valence-electron chi connectivity index (χ4n) is 4.50. The van der Waals surface area contributed by atoms with Crippen LogP contribution in [0.5, 0.6) is 0 Å². The smallest absolute Gasteiger partial charge is 0.394 e. The Morgan fingerprint density at radius 2 is 1.88 bits per heavy atom. The SMILES string of the molecule is Cc1nc([C@@H]2O[C@H](CO)[C@H](O)[C@H](n3cc(-c4ccc(Br)c(F)c4F)nn3)[C@H]2O)n(-c2cc(Cl)ncc2C(F)(F)F)n1. The maximum absolute atomic E-state index is 14.6. The first-order chi connectivity index (χ1) is 19.3. The molecule has 11 nitrogen and oxygen atoms in total. The van der Waals surface area contributed by atoms with Crippen molar-refractivity contribution in [3.63, 3.8) is 0 Å². The zero-order valence-electron chi connectivity index (χ0n) is 20.5. The number of hydrogen-bond donors (Lipinski definition) is 3. The Morgan fingerprint density at radius 1 is 1.15 bits per heavy atom. The number of benzene rings is 1. The Labute approximate surface area is 240 Å². The van der Waals surface area contributed by atoms with Crippen molar-refractivity contribution in [1.29, 1.82) is 0 Å². The van der Waals surface area contributed by atoms with Crippen LogP contribution < -0.4 is 0 Å². The summed E-state index contributed by atoms with van der Waals surface area (Å²) in [5, 5.41) is 43.6. The van der Waals surface area contributed by atoms with E-state index in [1.165, 1.54) is 19.1 Å². The number of alkyl halides is 3. The van der Waals surface area contributed by atoms with E-state index in [1.807, 2.05) is 0 Å². The predicted octanol–water partition coefficient (Wildman–Crippen LogP) is 3.34. The van der Waals surface area contributed by atoms with E-state index in [-0.39, 0.29) is 32.5 Å². The molecular formula is C23H18BrClF5N7O4. The van der Waals surface area contributed by atoms with Crippen LogP contribution in [0.25, 0.3) is 16.9 Å². The lowest BCUT2D eigenvalue weighted by atomic mass is 9.92. The molecule has 1 aromatic carbocycles. The molecule has 1 saturated heterocycles. The Bertz CT molecular complexity index is 1600. The largest absolute Gasteiger partial charge is 0.419 e. The molecule has 0 aliphatic carbocycles. The second-order valence-corrected chi connectivity index (χ2v) is 10.2. The van der Waals surface area contributed by atoms with Crippen molar-refractivity contribution in [2.75, 3.05) is 6.61 Å². The first-order valence-electron chi connectivity index (χ1n) is 11.7. The van der Waals surface area contributed by atoms with Gasteiger partial charge in [0.25, 0.3) is 0 Å². The van der Waals surface area contributed by atoms with Gasteiger partial charge in [-0.1, -0.05) is 16.8 Å². The average Bonchev–Trinajstić information content (AvgIpc) is 3.54. The van der Waals surface area contributed by atoms with Crippen molar-refractivity contribution in [2.24, 2.45) is 0 Å². The predicted molar refractivity (Wildman–Crippen MR) is 133 cm³/mol. The lowest BCUT2D eigenvalue weighted by molar-refractivity contribution is -0.210. The number of hydrogen-bond acceptors (Lipinski definition) is 9. The van der Waals surface area contributed by atoms with Crippen LogP contribution in [0.4, 0.5) is 22.0 Å². The second-order valence-electron chi connectivity index (χ2n) is 9.01. The number of nitrogens with zero attached hydrogens (tertiary/aromatic N) is 7. The highest BCUT2D eigenvalue weighted by Gasteiger charge is 2.49. The molecule has 0 radical (unpaired) electrons. The fourth-order valence-corrected chi connectivity index (χ4v) is 4.96. The molecule has 0 unspecified atom stereocenters. The number of aryl methyl sites for hydroxylation is 1. The van der Waals surface area contributed by atoms with E-state index in [1.54, 1.807) is 0 Å². The minimum Gasteiger partial charge on any atom is -0.394 e. The zero-order valence-corrected chi connectivity index (χ0v) is 22.8. The standard InChI is InChI=1S/C23H18BrClF5N7O4/c1-8-32-22(37(34-8)13-4-15(25)31-5-10(13)23(28,29)30)21-20(40)18(19(39)14(7-38)41-21)36-6-12(33-35-36)9-2-3-11(24)17(27)16(9)26/h2-6,14,18-21,38-40H,7H2,1H3/t14-,18+,19+,20-,21-/m1/s1. The van der Waals surface area contributed by atoms with E-state index in [0.29, 0.717) is 6.20 Å². The van der Waals surface area contributed by atoms with Gasteiger partial charge in [-0.2, -0.15) is 18.3 Å². The maximum Gasteiger partial charge on any atom is 0.419 e. The van der Waals surface area contributed by atoms with Crippen LogP contribution >= 0.6 is 27.5 Å². The van der Waals surface area contributed by atoms with E-state index in [9.17, 15) is 37.3 Å². The molecule has 1 aliphatic heterocycles. The van der Waals surface area contributed by atoms with E-state index in [2.05, 4.69) is 41.3 Å². The Kier molecular flexibility index (Phi) is 7.86. The van der Waals surface area contributed by atoms with Gasteiger partial charge in [-0.3, -0.25) is 0 Å². The molecule has 3 aromatic heterocycles. The maximum atomic E-state index is 14.6. The summed E-state index contributed by atoms with van der Waals surface area (Å²) in [6.45, 7) is 0.605. The van der Waals surface area contributed by atoms with Gasteiger partial charge in [0, 0.05) is 17.8 Å². The van der Waals surface area contributed by atoms with Crippen molar-refractivity contribution >= 4 is 27.5 Å². The number of rotatable bonds is 5. The normalized spacial score (nSPS) is 23.2. The van der Waals surface area contributed by atoms with E-state index < -0.39 is 66.1 Å². The minimum atomic E-state index is -4.87. The van der Waals surface area contributed by atoms with Gasteiger partial charge in [0.05, 0.1) is 28.5 Å². The average molecular weight is 667 g/mol. The molecule has 5 rings (SSSR count). The van der Waals surface area contributed by atoms with Crippen LogP contribution in [0.1, 0.15) is 29.4 Å². The number of aliphatic hydroxyl groups excluding tert-OH is 3. The van der Waals surface area contributed by atoms with Crippen LogP contribution in [0.2, 0.25) is 5.15 Å². The number of aromatic nitrogens is 7. The molecule has 0 amide bonds. The quantitative estimate of drug-likeness (QED) is 0.166. The summed E-state index contributed by atoms with van der Waals surface area (Å²) >= 11 is 8.76. The third kappa shape index (κ3) is 5.32. The Hall–Kier alpha value is -3.09. The number of halogens is 7. The molecule has 1 fully saturated rings. The van der Waals surface area contributed by atoms with E-state index in [0.717, 1.165) is 21.6 Å². The van der Waals surface area contributed by atoms with Crippen molar-refractivity contribution in [3.05, 3.63) is 69.1 Å². The molecule has 5 atom stereocenters. The highest BCUT2D eigenvalue weighted by molar-refractivity contribution is 9.10. The molecule has 218 valence electrons. The first-order valence-corrected chi connectivity index (χ1v) is 12.8. The molecule has 0 bridgehead atoms. The van der Waals surface area contributed by atoms with Crippen LogP contribution in [0, 0.1) is 18.6 Å². The minimum absolute atomic E-state index is 0.00383. The lowest BCUT2D eigenvalue weighted by Gasteiger charge is -2.41. The van der Waals surface area contributed by atoms with Gasteiger partial charge in [-0.25, -0.2) is 28.1 Å². The summed E-state index contributed by atoms with van der Waals surface area (Å²) in [7, 11) is 0. The second kappa shape index (κ2) is 11.0. The molecule has 18 heteroatoms. The molecule has 0 saturated carbocycles. The van der Waals surface area contributed by atoms with Gasteiger partial charge in [0.1, 0.15) is 47.1 Å². The van der Waals surface area contributed by atoms with E-state index in [4.69, 9.17) is 16.3 Å². The van der Waals surface area contributed by atoms with Gasteiger partial charge in [-0.05, 0) is 35.0 Å². The summed E-state index contributed by atoms with van der Waals surface area (Å²) in [6.07, 6.45) is -9.61. The molecule has 0 spiro atoms. The molecule has 4 heterocycles. The Morgan fingerprint density at radius 3 is 2.56 bits per heavy atom. The van der Waals surface area contributed by atoms with Gasteiger partial charge in [-0.15, -0.1) is 5.10 Å². The summed E-state index contributed by atoms with van der Waals surface area (Å²) in [4.78, 5) is 7.64. The zero-order chi connectivity index (χ0) is 29.8. The van der Waals surface area contributed by atoms with Crippen LogP contribution in [0.15, 0.2) is 35.1 Å². The van der Waals surface area contributed by atoms with Crippen LogP contribution in [-0.2, 0) is 10.9 Å². The van der Waals surface area contributed by atoms with Crippen molar-refractivity contribution in [2.45, 2.75) is 43.6 Å². The lowest BCUT2D eigenvalue weighted by Crippen LogP contribution is -2.53. The highest BCUT2D eigenvalue weighted by atomic mass is 79.9. The van der Waals surface area contributed by atoms with Crippen LogP contribution in [-0.4, -0.2) is 75.0 Å². The number of pyridine rings is 1. The Balaban J connectivity index is 1.59. The monoisotopic (exact) mass is 665 g/mol. The van der Waals surface area contributed by atoms with Gasteiger partial charge >= 0.3 is 6.18 Å². The van der Waals surface area contributed by atoms with Crippen LogP contribution in [0.3, 0.4) is 0 Å². The van der Waals surface area contributed by atoms with Gasteiger partial charge in [0.2, 0.25) is 0 Å². The topological polar surface area (TPSA) is 144 Å². The highest BCUT2D eigenvalue weighted by Crippen LogP contribution is 2.40. The van der Waals surface area contributed by atoms with Crippen molar-refractivity contribution < 1.29 is 42.0 Å².